The Hall–Kier alpha value is -1.79. The Morgan fingerprint density at radius 1 is 1.29 bits per heavy atom. The maximum atomic E-state index is 12.4. The molecule has 0 unspecified atom stereocenters. The molecule has 0 radical (unpaired) electrons. The van der Waals surface area contributed by atoms with E-state index in [0.29, 0.717) is 6.54 Å². The van der Waals surface area contributed by atoms with Crippen LogP contribution in [0.4, 0.5) is 0 Å². The van der Waals surface area contributed by atoms with E-state index in [9.17, 15) is 4.79 Å². The summed E-state index contributed by atoms with van der Waals surface area (Å²) in [6.07, 6.45) is 2.65. The molecule has 3 rings (SSSR count). The summed E-state index contributed by atoms with van der Waals surface area (Å²) in [4.78, 5) is 22.0. The normalized spacial score (nSPS) is 11.0. The van der Waals surface area contributed by atoms with Crippen LogP contribution in [0.15, 0.2) is 23.3 Å². The molecule has 21 heavy (non-hydrogen) atoms. The van der Waals surface area contributed by atoms with Crippen molar-refractivity contribution in [1.29, 1.82) is 0 Å². The van der Waals surface area contributed by atoms with Crippen molar-refractivity contribution in [1.82, 2.24) is 15.3 Å². The van der Waals surface area contributed by atoms with Crippen LogP contribution in [0.3, 0.4) is 0 Å². The Balaban J connectivity index is 1.78. The number of rotatable bonds is 4. The average molecular weight is 317 g/mol. The smallest absolute Gasteiger partial charge is 0.252 e. The van der Waals surface area contributed by atoms with Crippen molar-refractivity contribution >= 4 is 38.8 Å². The van der Waals surface area contributed by atoms with Crippen LogP contribution in [0.2, 0.25) is 0 Å². The molecule has 0 aliphatic carbocycles. The largest absolute Gasteiger partial charge is 0.352 e. The van der Waals surface area contributed by atoms with Gasteiger partial charge in [-0.2, -0.15) is 0 Å². The Kier molecular flexibility index (Phi) is 3.98. The standard InChI is InChI=1S/C15H15N3OS2/c1-9-5-12(14-13(10(9)2)18-8-21-14)15(19)17-4-3-11-6-16-7-20-11/h5-8H,3-4H2,1-2H3,(H,17,19). The second-order valence-electron chi connectivity index (χ2n) is 4.87. The number of aromatic nitrogens is 2. The summed E-state index contributed by atoms with van der Waals surface area (Å²) in [7, 11) is 0. The molecule has 0 atom stereocenters. The van der Waals surface area contributed by atoms with E-state index in [1.807, 2.05) is 26.1 Å². The van der Waals surface area contributed by atoms with Gasteiger partial charge in [0.2, 0.25) is 0 Å². The number of nitrogens with one attached hydrogen (secondary N) is 1. The highest BCUT2D eigenvalue weighted by Gasteiger charge is 2.15. The van der Waals surface area contributed by atoms with E-state index in [0.717, 1.165) is 33.3 Å². The maximum Gasteiger partial charge on any atom is 0.252 e. The van der Waals surface area contributed by atoms with E-state index in [1.54, 1.807) is 22.4 Å². The van der Waals surface area contributed by atoms with Gasteiger partial charge in [0.15, 0.2) is 0 Å². The van der Waals surface area contributed by atoms with Gasteiger partial charge in [0.1, 0.15) is 0 Å². The number of thiazole rings is 2. The van der Waals surface area contributed by atoms with E-state index in [2.05, 4.69) is 15.3 Å². The topological polar surface area (TPSA) is 54.9 Å². The van der Waals surface area contributed by atoms with E-state index in [1.165, 1.54) is 16.2 Å². The molecular formula is C15H15N3OS2. The van der Waals surface area contributed by atoms with Crippen LogP contribution in [0.5, 0.6) is 0 Å². The number of aryl methyl sites for hydroxylation is 2. The Morgan fingerprint density at radius 3 is 2.90 bits per heavy atom. The van der Waals surface area contributed by atoms with Crippen molar-refractivity contribution < 1.29 is 4.79 Å². The second kappa shape index (κ2) is 5.91. The first kappa shape index (κ1) is 14.2. The fourth-order valence-electron chi connectivity index (χ4n) is 2.21. The van der Waals surface area contributed by atoms with E-state index in [-0.39, 0.29) is 5.91 Å². The highest BCUT2D eigenvalue weighted by Crippen LogP contribution is 2.27. The molecule has 4 nitrogen and oxygen atoms in total. The van der Waals surface area contributed by atoms with Crippen LogP contribution < -0.4 is 5.32 Å². The number of fused-ring (bicyclic) bond motifs is 1. The zero-order valence-electron chi connectivity index (χ0n) is 11.8. The molecule has 0 spiro atoms. The zero-order chi connectivity index (χ0) is 14.8. The van der Waals surface area contributed by atoms with Crippen molar-refractivity contribution in [2.45, 2.75) is 20.3 Å². The molecule has 3 aromatic rings. The van der Waals surface area contributed by atoms with Gasteiger partial charge in [0.05, 0.1) is 26.8 Å². The lowest BCUT2D eigenvalue weighted by molar-refractivity contribution is 0.0956. The molecule has 0 aliphatic rings. The van der Waals surface area contributed by atoms with Gasteiger partial charge in [-0.3, -0.25) is 9.78 Å². The summed E-state index contributed by atoms with van der Waals surface area (Å²) < 4.78 is 0.966. The van der Waals surface area contributed by atoms with Gasteiger partial charge in [0.25, 0.3) is 5.91 Å². The number of carbonyl (C=O) groups excluding carboxylic acids is 1. The number of nitrogens with zero attached hydrogens (tertiary/aromatic N) is 2. The van der Waals surface area contributed by atoms with Crippen LogP contribution >= 0.6 is 22.7 Å². The number of amides is 1. The molecule has 0 bridgehead atoms. The highest BCUT2D eigenvalue weighted by atomic mass is 32.1. The minimum Gasteiger partial charge on any atom is -0.352 e. The second-order valence-corrected chi connectivity index (χ2v) is 6.70. The van der Waals surface area contributed by atoms with Crippen LogP contribution in [0.25, 0.3) is 10.2 Å². The van der Waals surface area contributed by atoms with Gasteiger partial charge < -0.3 is 5.32 Å². The lowest BCUT2D eigenvalue weighted by Gasteiger charge is -2.08. The summed E-state index contributed by atoms with van der Waals surface area (Å²) in [5.41, 5.74) is 7.51. The molecule has 2 heterocycles. The van der Waals surface area contributed by atoms with E-state index in [4.69, 9.17) is 0 Å². The molecule has 0 saturated heterocycles. The average Bonchev–Trinajstić information content (AvgIpc) is 3.13. The molecule has 0 fully saturated rings. The molecule has 0 saturated carbocycles. The molecule has 6 heteroatoms. The van der Waals surface area contributed by atoms with Crippen LogP contribution in [-0.2, 0) is 6.42 Å². The Morgan fingerprint density at radius 2 is 2.14 bits per heavy atom. The first-order valence-electron chi connectivity index (χ1n) is 6.66. The van der Waals surface area contributed by atoms with Crippen molar-refractivity contribution in [3.05, 3.63) is 44.9 Å². The third-order valence-electron chi connectivity index (χ3n) is 3.50. The molecule has 1 N–H and O–H groups in total. The minimum absolute atomic E-state index is 0.0307. The zero-order valence-corrected chi connectivity index (χ0v) is 13.5. The molecular weight excluding hydrogens is 302 g/mol. The molecule has 1 amide bonds. The maximum absolute atomic E-state index is 12.4. The van der Waals surface area contributed by atoms with Crippen molar-refractivity contribution in [2.24, 2.45) is 0 Å². The lowest BCUT2D eigenvalue weighted by atomic mass is 10.0. The number of hydrogen-bond donors (Lipinski definition) is 1. The first-order valence-corrected chi connectivity index (χ1v) is 8.41. The fraction of sp³-hybridized carbons (Fsp3) is 0.267. The van der Waals surface area contributed by atoms with Gasteiger partial charge >= 0.3 is 0 Å². The molecule has 1 aromatic carbocycles. The molecule has 0 aliphatic heterocycles. The minimum atomic E-state index is -0.0307. The van der Waals surface area contributed by atoms with Crippen LogP contribution in [-0.4, -0.2) is 22.4 Å². The number of carbonyl (C=O) groups is 1. The predicted molar refractivity (Wildman–Crippen MR) is 87.2 cm³/mol. The fourth-order valence-corrected chi connectivity index (χ4v) is 3.67. The summed E-state index contributed by atoms with van der Waals surface area (Å²) in [5, 5.41) is 2.98. The summed E-state index contributed by atoms with van der Waals surface area (Å²) in [5.74, 6) is -0.0307. The van der Waals surface area contributed by atoms with Crippen LogP contribution in [0.1, 0.15) is 26.4 Å². The third kappa shape index (κ3) is 2.82. The van der Waals surface area contributed by atoms with E-state index < -0.39 is 0 Å². The third-order valence-corrected chi connectivity index (χ3v) is 5.20. The SMILES string of the molecule is Cc1cc(C(=O)NCCc2cncs2)c2scnc2c1C. The van der Waals surface area contributed by atoms with E-state index >= 15 is 0 Å². The first-order chi connectivity index (χ1) is 10.2. The number of hydrogen-bond acceptors (Lipinski definition) is 5. The molecule has 2 aromatic heterocycles. The lowest BCUT2D eigenvalue weighted by Crippen LogP contribution is -2.25. The van der Waals surface area contributed by atoms with Gasteiger partial charge in [-0.05, 0) is 31.0 Å². The monoisotopic (exact) mass is 317 g/mol. The van der Waals surface area contributed by atoms with Gasteiger partial charge in [-0.25, -0.2) is 4.98 Å². The van der Waals surface area contributed by atoms with Gasteiger partial charge in [0, 0.05) is 24.0 Å². The number of benzene rings is 1. The summed E-state index contributed by atoms with van der Waals surface area (Å²) >= 11 is 3.12. The molecule has 108 valence electrons. The van der Waals surface area contributed by atoms with Crippen LogP contribution in [0, 0.1) is 13.8 Å². The quantitative estimate of drug-likeness (QED) is 0.803. The Bertz CT molecular complexity index is 778. The Labute approximate surface area is 130 Å². The van der Waals surface area contributed by atoms with Crippen molar-refractivity contribution in [2.75, 3.05) is 6.54 Å². The summed E-state index contributed by atoms with van der Waals surface area (Å²) in [6, 6.07) is 1.96. The predicted octanol–water partition coefficient (Wildman–Crippen LogP) is 3.34. The van der Waals surface area contributed by atoms with Crippen molar-refractivity contribution in [3.8, 4) is 0 Å². The van der Waals surface area contributed by atoms with Gasteiger partial charge in [-0.15, -0.1) is 22.7 Å². The van der Waals surface area contributed by atoms with Gasteiger partial charge in [-0.1, -0.05) is 0 Å². The summed E-state index contributed by atoms with van der Waals surface area (Å²) in [6.45, 7) is 4.68. The van der Waals surface area contributed by atoms with Crippen molar-refractivity contribution in [3.63, 3.8) is 0 Å². The highest BCUT2D eigenvalue weighted by molar-refractivity contribution is 7.17.